The third-order valence-electron chi connectivity index (χ3n) is 7.98. The molecule has 5 rings (SSSR count). The van der Waals surface area contributed by atoms with Crippen molar-refractivity contribution in [1.82, 2.24) is 20.1 Å². The Hall–Kier alpha value is -3.82. The zero-order valence-corrected chi connectivity index (χ0v) is 24.4. The van der Waals surface area contributed by atoms with Crippen LogP contribution in [0.1, 0.15) is 39.9 Å². The van der Waals surface area contributed by atoms with Gasteiger partial charge in [0, 0.05) is 68.4 Å². The van der Waals surface area contributed by atoms with Crippen molar-refractivity contribution in [3.8, 4) is 11.5 Å². The third kappa shape index (κ3) is 6.11. The predicted octanol–water partition coefficient (Wildman–Crippen LogP) is 3.99. The van der Waals surface area contributed by atoms with E-state index in [-0.39, 0.29) is 11.8 Å². The van der Waals surface area contributed by atoms with E-state index < -0.39 is 12.0 Å². The molecule has 0 aliphatic carbocycles. The van der Waals surface area contributed by atoms with Crippen molar-refractivity contribution in [2.24, 2.45) is 0 Å². The number of carbonyl (C=O) groups is 2. The number of hydrogen-bond donors (Lipinski definition) is 1. The van der Waals surface area contributed by atoms with Gasteiger partial charge < -0.3 is 24.6 Å². The Bertz CT molecular complexity index is 1380. The van der Waals surface area contributed by atoms with Crippen LogP contribution >= 0.6 is 11.6 Å². The highest BCUT2D eigenvalue weighted by atomic mass is 35.5. The number of fused-ring (bicyclic) bond motifs is 1. The molecule has 2 aliphatic rings. The summed E-state index contributed by atoms with van der Waals surface area (Å²) in [6.45, 7) is 5.19. The van der Waals surface area contributed by atoms with E-state index in [4.69, 9.17) is 21.1 Å². The van der Waals surface area contributed by atoms with Crippen LogP contribution in [0, 0.1) is 0 Å². The van der Waals surface area contributed by atoms with Gasteiger partial charge in [0.1, 0.15) is 0 Å². The summed E-state index contributed by atoms with van der Waals surface area (Å²) in [5, 5.41) is 3.90. The predicted molar refractivity (Wildman–Crippen MR) is 159 cm³/mol. The van der Waals surface area contributed by atoms with Gasteiger partial charge in [-0.05, 0) is 60.5 Å². The first-order valence-electron chi connectivity index (χ1n) is 13.8. The number of hydrogen-bond acceptors (Lipinski definition) is 7. The molecule has 2 aliphatic heterocycles. The highest BCUT2D eigenvalue weighted by molar-refractivity contribution is 6.30. The Balaban J connectivity index is 1.26. The third-order valence-corrected chi connectivity index (χ3v) is 8.21. The molecule has 41 heavy (non-hydrogen) atoms. The van der Waals surface area contributed by atoms with Crippen molar-refractivity contribution < 1.29 is 19.1 Å². The number of anilines is 1. The van der Waals surface area contributed by atoms with Crippen molar-refractivity contribution in [3.63, 3.8) is 0 Å². The molecule has 1 saturated heterocycles. The molecule has 1 N–H and O–H groups in total. The maximum atomic E-state index is 13.9. The second-order valence-corrected chi connectivity index (χ2v) is 10.8. The summed E-state index contributed by atoms with van der Waals surface area (Å²) >= 11 is 6.17. The van der Waals surface area contributed by atoms with Gasteiger partial charge in [-0.3, -0.25) is 19.5 Å². The van der Waals surface area contributed by atoms with Crippen LogP contribution in [0.4, 0.5) is 5.69 Å². The van der Waals surface area contributed by atoms with Gasteiger partial charge in [0.2, 0.25) is 5.91 Å². The topological polar surface area (TPSA) is 87.2 Å². The largest absolute Gasteiger partial charge is 0.493 e. The van der Waals surface area contributed by atoms with Gasteiger partial charge in [0.25, 0.3) is 5.91 Å². The van der Waals surface area contributed by atoms with E-state index in [0.29, 0.717) is 29.2 Å². The van der Waals surface area contributed by atoms with Crippen molar-refractivity contribution in [1.29, 1.82) is 0 Å². The summed E-state index contributed by atoms with van der Waals surface area (Å²) in [6, 6.07) is 14.6. The second-order valence-electron chi connectivity index (χ2n) is 10.4. The molecule has 3 heterocycles. The van der Waals surface area contributed by atoms with Crippen LogP contribution < -0.4 is 19.7 Å². The Morgan fingerprint density at radius 3 is 2.49 bits per heavy atom. The number of carbonyl (C=O) groups excluding carboxylic acids is 2. The van der Waals surface area contributed by atoms with Gasteiger partial charge in [-0.25, -0.2) is 0 Å². The van der Waals surface area contributed by atoms with E-state index in [1.54, 1.807) is 43.6 Å². The van der Waals surface area contributed by atoms with Crippen molar-refractivity contribution in [3.05, 3.63) is 82.6 Å². The molecule has 2 atom stereocenters. The summed E-state index contributed by atoms with van der Waals surface area (Å²) in [4.78, 5) is 38.0. The molecule has 0 spiro atoms. The fraction of sp³-hybridized carbons (Fsp3) is 0.387. The molecule has 0 saturated carbocycles. The lowest BCUT2D eigenvalue weighted by atomic mass is 9.79. The Kier molecular flexibility index (Phi) is 8.95. The van der Waals surface area contributed by atoms with E-state index in [1.807, 2.05) is 30.3 Å². The van der Waals surface area contributed by atoms with Crippen molar-refractivity contribution >= 4 is 29.1 Å². The molecule has 1 fully saturated rings. The van der Waals surface area contributed by atoms with Crippen LogP contribution in [0.25, 0.3) is 0 Å². The number of amides is 2. The number of pyridine rings is 1. The number of piperazine rings is 1. The number of halogens is 1. The molecule has 3 aromatic rings. The zero-order valence-electron chi connectivity index (χ0n) is 23.7. The maximum absolute atomic E-state index is 13.9. The lowest BCUT2D eigenvalue weighted by Gasteiger charge is -2.40. The van der Waals surface area contributed by atoms with Gasteiger partial charge in [-0.1, -0.05) is 23.7 Å². The lowest BCUT2D eigenvalue weighted by Crippen LogP contribution is -2.47. The maximum Gasteiger partial charge on any atom is 0.254 e. The molecule has 2 aromatic carbocycles. The van der Waals surface area contributed by atoms with Gasteiger partial charge >= 0.3 is 0 Å². The van der Waals surface area contributed by atoms with Gasteiger partial charge in [0.05, 0.1) is 26.2 Å². The number of ether oxygens (including phenoxy) is 2. The Morgan fingerprint density at radius 2 is 1.80 bits per heavy atom. The Morgan fingerprint density at radius 1 is 1.05 bits per heavy atom. The van der Waals surface area contributed by atoms with E-state index >= 15 is 0 Å². The first-order valence-corrected chi connectivity index (χ1v) is 14.2. The molecule has 10 heteroatoms. The van der Waals surface area contributed by atoms with Crippen LogP contribution in [-0.2, 0) is 4.79 Å². The zero-order chi connectivity index (χ0) is 28.9. The first kappa shape index (κ1) is 28.7. The summed E-state index contributed by atoms with van der Waals surface area (Å²) < 4.78 is 11.0. The number of methoxy groups -OCH3 is 2. The number of aromatic nitrogens is 1. The van der Waals surface area contributed by atoms with Crippen molar-refractivity contribution in [2.75, 3.05) is 65.4 Å². The molecule has 216 valence electrons. The van der Waals surface area contributed by atoms with E-state index in [9.17, 15) is 9.59 Å². The van der Waals surface area contributed by atoms with Crippen LogP contribution in [-0.4, -0.2) is 87.1 Å². The average molecular weight is 578 g/mol. The number of benzene rings is 2. The van der Waals surface area contributed by atoms with E-state index in [2.05, 4.69) is 26.2 Å². The minimum atomic E-state index is -0.641. The highest BCUT2D eigenvalue weighted by Gasteiger charge is 2.43. The molecule has 2 unspecified atom stereocenters. The van der Waals surface area contributed by atoms with Gasteiger partial charge in [-0.15, -0.1) is 0 Å². The number of likely N-dealkylation sites (N-methyl/N-ethyl adjacent to an activating group) is 1. The van der Waals surface area contributed by atoms with Crippen molar-refractivity contribution in [2.45, 2.75) is 18.4 Å². The fourth-order valence-electron chi connectivity index (χ4n) is 5.83. The second kappa shape index (κ2) is 12.8. The fourth-order valence-corrected chi connectivity index (χ4v) is 6.01. The van der Waals surface area contributed by atoms with Crippen LogP contribution in [0.2, 0.25) is 5.02 Å². The number of nitrogens with one attached hydrogen (secondary N) is 1. The van der Waals surface area contributed by atoms with E-state index in [1.165, 1.54) is 7.11 Å². The quantitative estimate of drug-likeness (QED) is 0.385. The molecule has 0 bridgehead atoms. The standard InChI is InChI=1S/C31H36ClN5O4/c1-35-29(21-7-5-10-33-20-21)28(24-18-26(40-2)27(41-3)19-25(24)31(35)39)30(38)34-11-6-12-36-13-15-37(16-14-36)23-9-4-8-22(32)17-23/h4-5,7-10,17-20,28-29H,6,11-16H2,1-3H3,(H,34,38). The summed E-state index contributed by atoms with van der Waals surface area (Å²) in [7, 11) is 4.80. The van der Waals surface area contributed by atoms with E-state index in [0.717, 1.165) is 55.4 Å². The smallest absolute Gasteiger partial charge is 0.254 e. The van der Waals surface area contributed by atoms with Crippen LogP contribution in [0.5, 0.6) is 11.5 Å². The minimum absolute atomic E-state index is 0.141. The SMILES string of the molecule is COc1cc2c(cc1OC)C(C(=O)NCCCN1CCN(c3cccc(Cl)c3)CC1)C(c1cccnc1)N(C)C2=O. The number of rotatable bonds is 9. The molecule has 0 radical (unpaired) electrons. The van der Waals surface area contributed by atoms with Crippen LogP contribution in [0.15, 0.2) is 60.9 Å². The minimum Gasteiger partial charge on any atom is -0.493 e. The monoisotopic (exact) mass is 577 g/mol. The molecule has 2 amide bonds. The lowest BCUT2D eigenvalue weighted by molar-refractivity contribution is -0.124. The summed E-state index contributed by atoms with van der Waals surface area (Å²) in [5.41, 5.74) is 3.00. The molecule has 1 aromatic heterocycles. The summed E-state index contributed by atoms with van der Waals surface area (Å²) in [5.74, 6) is -0.0446. The highest BCUT2D eigenvalue weighted by Crippen LogP contribution is 2.45. The normalized spacial score (nSPS) is 19.1. The molecular weight excluding hydrogens is 542 g/mol. The Labute approximate surface area is 246 Å². The molecular formula is C31H36ClN5O4. The number of nitrogens with zero attached hydrogens (tertiary/aromatic N) is 4. The first-order chi connectivity index (χ1) is 19.9. The van der Waals surface area contributed by atoms with Gasteiger partial charge in [-0.2, -0.15) is 0 Å². The summed E-state index contributed by atoms with van der Waals surface area (Å²) in [6.07, 6.45) is 4.21. The van der Waals surface area contributed by atoms with Crippen LogP contribution in [0.3, 0.4) is 0 Å². The molecule has 9 nitrogen and oxygen atoms in total. The van der Waals surface area contributed by atoms with Gasteiger partial charge in [0.15, 0.2) is 11.5 Å². The average Bonchev–Trinajstić information content (AvgIpc) is 3.00.